The summed E-state index contributed by atoms with van der Waals surface area (Å²) in [5.41, 5.74) is 2.78. The number of benzene rings is 2. The van der Waals surface area contributed by atoms with Gasteiger partial charge in [0.1, 0.15) is 11.4 Å². The molecular weight excluding hydrogens is 420 g/mol. The molecule has 160 valence electrons. The lowest BCUT2D eigenvalue weighted by atomic mass is 10.1. The molecule has 0 aromatic heterocycles. The van der Waals surface area contributed by atoms with Gasteiger partial charge in [0.05, 0.1) is 4.92 Å². The van der Waals surface area contributed by atoms with E-state index in [4.69, 9.17) is 11.6 Å². The van der Waals surface area contributed by atoms with Gasteiger partial charge in [-0.05, 0) is 29.8 Å². The molecule has 31 heavy (non-hydrogen) atoms. The molecule has 2 aliphatic rings. The zero-order valence-electron chi connectivity index (χ0n) is 16.7. The molecule has 0 atom stereocenters. The molecule has 0 unspecified atom stereocenters. The molecule has 1 fully saturated rings. The average molecular weight is 441 g/mol. The predicted molar refractivity (Wildman–Crippen MR) is 121 cm³/mol. The monoisotopic (exact) mass is 440 g/mol. The normalized spacial score (nSPS) is 15.7. The number of nitrogens with one attached hydrogen (secondary N) is 1. The van der Waals surface area contributed by atoms with Crippen molar-refractivity contribution in [1.29, 1.82) is 0 Å². The van der Waals surface area contributed by atoms with Crippen molar-refractivity contribution in [3.8, 4) is 0 Å². The third-order valence-corrected chi connectivity index (χ3v) is 5.55. The van der Waals surface area contributed by atoms with Gasteiger partial charge in [0, 0.05) is 62.1 Å². The lowest BCUT2D eigenvalue weighted by Crippen LogP contribution is -2.50. The smallest absolute Gasteiger partial charge is 0.292 e. The molecule has 2 aromatic rings. The van der Waals surface area contributed by atoms with E-state index < -0.39 is 4.92 Å². The number of nitro groups is 1. The first kappa shape index (κ1) is 20.8. The van der Waals surface area contributed by atoms with Crippen LogP contribution >= 0.6 is 11.6 Å². The summed E-state index contributed by atoms with van der Waals surface area (Å²) in [6.07, 6.45) is 2.10. The maximum atomic E-state index is 12.5. The first-order chi connectivity index (χ1) is 15.0. The van der Waals surface area contributed by atoms with Gasteiger partial charge in [-0.1, -0.05) is 23.7 Å². The highest BCUT2D eigenvalue weighted by molar-refractivity contribution is 6.41. The summed E-state index contributed by atoms with van der Waals surface area (Å²) < 4.78 is 0. The second-order valence-electron chi connectivity index (χ2n) is 7.27. The van der Waals surface area contributed by atoms with Crippen LogP contribution in [0.2, 0.25) is 5.02 Å². The van der Waals surface area contributed by atoms with Gasteiger partial charge in [-0.2, -0.15) is 5.10 Å². The Bertz CT molecular complexity index is 1050. The van der Waals surface area contributed by atoms with Crippen LogP contribution in [0.5, 0.6) is 0 Å². The van der Waals surface area contributed by atoms with E-state index >= 15 is 0 Å². The first-order valence-electron chi connectivity index (χ1n) is 9.90. The number of carbonyl (C=O) groups is 1. The Morgan fingerprint density at radius 2 is 1.87 bits per heavy atom. The molecule has 0 aliphatic carbocycles. The lowest BCUT2D eigenvalue weighted by molar-refractivity contribution is -0.384. The number of piperazine rings is 1. The van der Waals surface area contributed by atoms with E-state index in [0.717, 1.165) is 11.3 Å². The van der Waals surface area contributed by atoms with Crippen molar-refractivity contribution in [1.82, 2.24) is 4.90 Å². The van der Waals surface area contributed by atoms with E-state index in [1.54, 1.807) is 35.4 Å². The van der Waals surface area contributed by atoms with Crippen LogP contribution in [0.1, 0.15) is 12.0 Å². The van der Waals surface area contributed by atoms with Crippen LogP contribution in [0, 0.1) is 10.1 Å². The third kappa shape index (κ3) is 4.83. The van der Waals surface area contributed by atoms with Gasteiger partial charge in [0.2, 0.25) is 0 Å². The van der Waals surface area contributed by atoms with E-state index in [2.05, 4.69) is 20.4 Å². The SMILES string of the molecule is O=C(C1=NN=CC1)N1CCN(c2ccc([N+](=O)[O-])c(NCc3ccc(Cl)cc3)c2)CC1. The Kier molecular flexibility index (Phi) is 6.13. The molecule has 2 aliphatic heterocycles. The van der Waals surface area contributed by atoms with Crippen LogP contribution in [0.3, 0.4) is 0 Å². The van der Waals surface area contributed by atoms with Crippen LogP contribution in [-0.2, 0) is 11.3 Å². The Hall–Kier alpha value is -3.46. The van der Waals surface area contributed by atoms with Crippen molar-refractivity contribution in [2.45, 2.75) is 13.0 Å². The van der Waals surface area contributed by atoms with Crippen molar-refractivity contribution >= 4 is 46.5 Å². The molecule has 2 heterocycles. The molecule has 10 heteroatoms. The molecule has 0 radical (unpaired) electrons. The Labute approximate surface area is 184 Å². The fourth-order valence-corrected chi connectivity index (χ4v) is 3.71. The number of halogens is 1. The van der Waals surface area contributed by atoms with Crippen molar-refractivity contribution in [3.63, 3.8) is 0 Å². The van der Waals surface area contributed by atoms with Gasteiger partial charge < -0.3 is 15.1 Å². The zero-order chi connectivity index (χ0) is 21.8. The Morgan fingerprint density at radius 3 is 2.52 bits per heavy atom. The Morgan fingerprint density at radius 1 is 1.13 bits per heavy atom. The molecule has 0 bridgehead atoms. The van der Waals surface area contributed by atoms with Crippen LogP contribution in [0.4, 0.5) is 17.1 Å². The maximum Gasteiger partial charge on any atom is 0.292 e. The van der Waals surface area contributed by atoms with Gasteiger partial charge >= 0.3 is 0 Å². The number of hydrogen-bond donors (Lipinski definition) is 1. The summed E-state index contributed by atoms with van der Waals surface area (Å²) in [5, 5.41) is 22.9. The highest BCUT2D eigenvalue weighted by Crippen LogP contribution is 2.30. The molecule has 0 spiro atoms. The molecule has 1 amide bonds. The summed E-state index contributed by atoms with van der Waals surface area (Å²) in [7, 11) is 0. The number of nitrogens with zero attached hydrogens (tertiary/aromatic N) is 5. The minimum atomic E-state index is -0.394. The largest absolute Gasteiger partial charge is 0.375 e. The van der Waals surface area contributed by atoms with Gasteiger partial charge in [0.25, 0.3) is 11.6 Å². The molecule has 9 nitrogen and oxygen atoms in total. The summed E-state index contributed by atoms with van der Waals surface area (Å²) >= 11 is 5.92. The fourth-order valence-electron chi connectivity index (χ4n) is 3.58. The standard InChI is InChI=1S/C21H21ClN6O3/c22-16-3-1-15(2-4-16)14-23-19-13-17(5-6-20(19)28(30)31)26-9-11-27(12-10-26)21(29)18-7-8-24-25-18/h1-6,8,13,23H,7,9-12,14H2. The highest BCUT2D eigenvalue weighted by atomic mass is 35.5. The summed E-state index contributed by atoms with van der Waals surface area (Å²) in [4.78, 5) is 27.4. The van der Waals surface area contributed by atoms with Crippen LogP contribution < -0.4 is 10.2 Å². The molecule has 0 saturated carbocycles. The van der Waals surface area contributed by atoms with Gasteiger partial charge in [-0.3, -0.25) is 14.9 Å². The first-order valence-corrected chi connectivity index (χ1v) is 10.3. The average Bonchev–Trinajstić information content (AvgIpc) is 3.33. The summed E-state index contributed by atoms with van der Waals surface area (Å²) in [6, 6.07) is 12.4. The van der Waals surface area contributed by atoms with E-state index in [1.807, 2.05) is 12.1 Å². The quantitative estimate of drug-likeness (QED) is 0.548. The molecule has 1 saturated heterocycles. The molecular formula is C21H21ClN6O3. The minimum Gasteiger partial charge on any atom is -0.375 e. The van der Waals surface area contributed by atoms with Crippen molar-refractivity contribution in [2.75, 3.05) is 36.4 Å². The highest BCUT2D eigenvalue weighted by Gasteiger charge is 2.26. The van der Waals surface area contributed by atoms with Crippen molar-refractivity contribution < 1.29 is 9.72 Å². The number of amides is 1. The zero-order valence-corrected chi connectivity index (χ0v) is 17.5. The van der Waals surface area contributed by atoms with Crippen molar-refractivity contribution in [3.05, 3.63) is 63.2 Å². The number of anilines is 2. The van der Waals surface area contributed by atoms with Crippen LogP contribution in [0.25, 0.3) is 0 Å². The second kappa shape index (κ2) is 9.13. The van der Waals surface area contributed by atoms with Gasteiger partial charge in [-0.25, -0.2) is 0 Å². The predicted octanol–water partition coefficient (Wildman–Crippen LogP) is 3.34. The maximum absolute atomic E-state index is 12.5. The van der Waals surface area contributed by atoms with Gasteiger partial charge in [0.15, 0.2) is 0 Å². The number of rotatable bonds is 6. The molecule has 4 rings (SSSR count). The fraction of sp³-hybridized carbons (Fsp3) is 0.286. The van der Waals surface area contributed by atoms with Gasteiger partial charge in [-0.15, -0.1) is 5.10 Å². The second-order valence-corrected chi connectivity index (χ2v) is 7.70. The minimum absolute atomic E-state index is 0.0192. The lowest BCUT2D eigenvalue weighted by Gasteiger charge is -2.36. The number of nitro benzene ring substituents is 1. The molecule has 2 aromatic carbocycles. The third-order valence-electron chi connectivity index (χ3n) is 5.30. The summed E-state index contributed by atoms with van der Waals surface area (Å²) in [5.74, 6) is -0.0776. The van der Waals surface area contributed by atoms with E-state index in [0.29, 0.717) is 55.6 Å². The van der Waals surface area contributed by atoms with E-state index in [9.17, 15) is 14.9 Å². The van der Waals surface area contributed by atoms with E-state index in [-0.39, 0.29) is 11.6 Å². The van der Waals surface area contributed by atoms with Crippen molar-refractivity contribution in [2.24, 2.45) is 10.2 Å². The number of carbonyl (C=O) groups excluding carboxylic acids is 1. The Balaban J connectivity index is 1.44. The summed E-state index contributed by atoms with van der Waals surface area (Å²) in [6.45, 7) is 2.82. The number of hydrogen-bond acceptors (Lipinski definition) is 7. The molecule has 1 N–H and O–H groups in total. The van der Waals surface area contributed by atoms with Crippen LogP contribution in [0.15, 0.2) is 52.7 Å². The topological polar surface area (TPSA) is 103 Å². The van der Waals surface area contributed by atoms with Crippen LogP contribution in [-0.4, -0.2) is 53.8 Å². The van der Waals surface area contributed by atoms with E-state index in [1.165, 1.54) is 6.07 Å².